The molecule has 0 aliphatic carbocycles. The number of benzene rings is 6. The quantitative estimate of drug-likeness (QED) is 0.0565. The Morgan fingerprint density at radius 3 is 1.31 bits per heavy atom. The summed E-state index contributed by atoms with van der Waals surface area (Å²) in [6.45, 7) is 15.0. The van der Waals surface area contributed by atoms with E-state index in [1.807, 2.05) is 64.1 Å². The first kappa shape index (κ1) is 85.4. The van der Waals surface area contributed by atoms with Gasteiger partial charge >= 0.3 is 7.12 Å². The molecule has 1 saturated heterocycles. The van der Waals surface area contributed by atoms with Crippen LogP contribution in [-0.2, 0) is 11.8 Å². The van der Waals surface area contributed by atoms with E-state index in [2.05, 4.69) is 118 Å². The lowest BCUT2D eigenvalue weighted by Gasteiger charge is -2.16. The molecular weight excluding hydrogens is 1660 g/mol. The molecule has 0 saturated carbocycles. The average molecular weight is 1750 g/mol. The van der Waals surface area contributed by atoms with Crippen LogP contribution in [0.1, 0.15) is 61.0 Å². The van der Waals surface area contributed by atoms with Gasteiger partial charge < -0.3 is 76.9 Å². The minimum absolute atomic E-state index is 0.111. The molecule has 1 fully saturated rings. The van der Waals surface area contributed by atoms with Crippen molar-refractivity contribution in [3.8, 4) is 69.0 Å². The molecule has 0 bridgehead atoms. The first-order valence-corrected chi connectivity index (χ1v) is 34.1. The summed E-state index contributed by atoms with van der Waals surface area (Å²) in [5.74, 6) is 9.35. The van der Waals surface area contributed by atoms with Crippen molar-refractivity contribution in [2.45, 2.75) is 54.5 Å². The molecular formula is C69H83BBr6N4O18. The topological polar surface area (TPSA) is 254 Å². The molecule has 1 aliphatic heterocycles. The van der Waals surface area contributed by atoms with Crippen molar-refractivity contribution in [2.75, 3.05) is 104 Å². The fraction of sp³-hybridized carbons (Fsp3) is 0.348. The van der Waals surface area contributed by atoms with Crippen molar-refractivity contribution in [1.82, 2.24) is 14.5 Å². The molecule has 3 N–H and O–H groups in total. The van der Waals surface area contributed by atoms with E-state index in [1.165, 1.54) is 33.0 Å². The van der Waals surface area contributed by atoms with Gasteiger partial charge in [-0.15, -0.1) is 0 Å². The number of aromatic nitrogens is 3. The van der Waals surface area contributed by atoms with E-state index < -0.39 is 7.12 Å². The average Bonchev–Trinajstić information content (AvgIpc) is 0.963. The van der Waals surface area contributed by atoms with E-state index in [0.717, 1.165) is 94.7 Å². The Morgan fingerprint density at radius 1 is 0.490 bits per heavy atom. The van der Waals surface area contributed by atoms with Crippen molar-refractivity contribution < 1.29 is 81.2 Å². The lowest BCUT2D eigenvalue weighted by atomic mass is 9.74. The van der Waals surface area contributed by atoms with Crippen molar-refractivity contribution >= 4 is 138 Å². The molecule has 29 heteroatoms. The molecule has 2 atom stereocenters. The van der Waals surface area contributed by atoms with Crippen LogP contribution < -0.4 is 73.2 Å². The molecule has 8 aromatic rings. The largest absolute Gasteiger partial charge is 0.497 e. The Balaban J connectivity index is 0.000000300. The van der Waals surface area contributed by atoms with Gasteiger partial charge in [0.1, 0.15) is 74.6 Å². The summed E-state index contributed by atoms with van der Waals surface area (Å²) in [5, 5.41) is 22.6. The van der Waals surface area contributed by atoms with E-state index in [9.17, 15) is 24.4 Å². The number of nitrogens with one attached hydrogen (secondary N) is 1. The summed E-state index contributed by atoms with van der Waals surface area (Å²) in [4.78, 5) is 42.1. The van der Waals surface area contributed by atoms with Gasteiger partial charge in [0, 0.05) is 106 Å². The zero-order chi connectivity index (χ0) is 73.8. The number of hydrogen-bond acceptors (Lipinski definition) is 21. The summed E-state index contributed by atoms with van der Waals surface area (Å²) in [6, 6.07) is 20.0. The molecule has 2 aromatic heterocycles. The first-order valence-electron chi connectivity index (χ1n) is 29.3. The second-order valence-corrected chi connectivity index (χ2v) is 25.9. The number of hydrogen-bond donors (Lipinski definition) is 3. The number of carbonyl (C=O) groups is 2. The number of rotatable bonds is 17. The number of carbonyl (C=O) groups excluding carboxylic acids is 2. The van der Waals surface area contributed by atoms with Crippen molar-refractivity contribution in [2.24, 2.45) is 13.0 Å². The highest BCUT2D eigenvalue weighted by Gasteiger charge is 2.26. The number of methoxy groups -OCH3 is 12. The van der Waals surface area contributed by atoms with Crippen LogP contribution in [0.2, 0.25) is 0 Å². The zero-order valence-corrected chi connectivity index (χ0v) is 67.8. The van der Waals surface area contributed by atoms with Crippen LogP contribution in [0.3, 0.4) is 0 Å². The Labute approximate surface area is 623 Å². The number of ether oxygens (including phenoxy) is 13. The monoisotopic (exact) mass is 1740 g/mol. The van der Waals surface area contributed by atoms with Gasteiger partial charge in [-0.2, -0.15) is 4.98 Å². The molecule has 1 aliphatic rings. The molecule has 532 valence electrons. The molecule has 0 radical (unpaired) electrons. The second-order valence-electron chi connectivity index (χ2n) is 20.8. The van der Waals surface area contributed by atoms with Gasteiger partial charge in [0.05, 0.1) is 120 Å². The molecule has 3 heterocycles. The predicted octanol–water partition coefficient (Wildman–Crippen LogP) is 14.7. The number of aryl methyl sites for hydroxylation is 1. The minimum Gasteiger partial charge on any atom is -0.497 e. The Bertz CT molecular complexity index is 3960. The summed E-state index contributed by atoms with van der Waals surface area (Å²) >= 11 is 20.1. The van der Waals surface area contributed by atoms with Crippen LogP contribution in [0.15, 0.2) is 105 Å². The Hall–Kier alpha value is -6.83. The van der Waals surface area contributed by atoms with Crippen molar-refractivity contribution in [3.05, 3.63) is 155 Å². The smallest absolute Gasteiger partial charge is 0.489 e. The Morgan fingerprint density at radius 2 is 0.888 bits per heavy atom. The van der Waals surface area contributed by atoms with Crippen molar-refractivity contribution in [3.63, 3.8) is 0 Å². The van der Waals surface area contributed by atoms with E-state index in [4.69, 9.17) is 61.6 Å². The molecule has 9 rings (SSSR count). The molecule has 22 nitrogen and oxygen atoms in total. The predicted molar refractivity (Wildman–Crippen MR) is 405 cm³/mol. The van der Waals surface area contributed by atoms with Gasteiger partial charge in [0.2, 0.25) is 5.95 Å². The van der Waals surface area contributed by atoms with E-state index in [0.29, 0.717) is 99.8 Å². The normalized spacial score (nSPS) is 12.3. The first-order chi connectivity index (χ1) is 46.5. The molecule has 6 aromatic carbocycles. The van der Waals surface area contributed by atoms with Crippen LogP contribution in [0.5, 0.6) is 69.0 Å². The number of anilines is 1. The highest BCUT2D eigenvalue weighted by atomic mass is 79.9. The molecule has 0 spiro atoms. The summed E-state index contributed by atoms with van der Waals surface area (Å²) in [6.07, 6.45) is 3.22. The highest BCUT2D eigenvalue weighted by Crippen LogP contribution is 2.38. The number of nitrogens with zero attached hydrogens (tertiary/aromatic N) is 3. The zero-order valence-electron chi connectivity index (χ0n) is 58.3. The number of aldehydes is 2. The van der Waals surface area contributed by atoms with Crippen LogP contribution in [0.25, 0.3) is 11.0 Å². The van der Waals surface area contributed by atoms with E-state index in [1.54, 1.807) is 114 Å². The van der Waals surface area contributed by atoms with Crippen LogP contribution in [0.4, 0.5) is 5.95 Å². The van der Waals surface area contributed by atoms with Gasteiger partial charge in [-0.3, -0.25) is 19.0 Å². The fourth-order valence-electron chi connectivity index (χ4n) is 9.16. The highest BCUT2D eigenvalue weighted by molar-refractivity contribution is 9.11. The fourth-order valence-corrected chi connectivity index (χ4v) is 11.9. The van der Waals surface area contributed by atoms with Gasteiger partial charge in [-0.25, -0.2) is 4.98 Å². The lowest BCUT2D eigenvalue weighted by molar-refractivity contribution is 0.111. The summed E-state index contributed by atoms with van der Waals surface area (Å²) in [5.41, 5.74) is 7.52. The third-order valence-electron chi connectivity index (χ3n) is 14.9. The van der Waals surface area contributed by atoms with Gasteiger partial charge in [0.25, 0.3) is 5.56 Å². The van der Waals surface area contributed by atoms with Crippen LogP contribution >= 0.6 is 95.6 Å². The maximum atomic E-state index is 11.9. The standard InChI is InChI=1S/C13H15BrN4O2.C10H15BO4.C10H11BrO3.C10H13BrO2.C9H9BrO3.C9H11BrO2.C8H9BrO2/c1-7-5-20-6-10(7)16-13-15-4-8-3-9(14)12(19)18(2)11(8)17-13;1-6-8(14-3)5-9(15-4)7(2)10(6)11(12)13;1-6-8(13-2)4-9(14-3)7(5-12)10(6)11;1-6-8(12-3)5-9(13-4)7(2)10(6)11;1-12-6-3-8(10)7(5-11)9(4-6)13-2;1-6-8(10)4-7(11-2)5-9(6)12-3;1-10-7-3-6(9)4-8(5-7)11-2/h3-4,7,10H,5-6H2,1-2H3,(H,15,16,17);5,12-13H,1-4H3;4-5H,1-3H3;5H,1-4H3;3-5H,1-2H3;4-5H,1-3H3;3-5H,1-2H3/t7-,10+;;;;;;/m0....../s1. The molecule has 98 heavy (non-hydrogen) atoms. The number of pyridine rings is 1. The summed E-state index contributed by atoms with van der Waals surface area (Å²) in [7, 11) is 19.3. The van der Waals surface area contributed by atoms with Gasteiger partial charge in [-0.1, -0.05) is 38.8 Å². The third kappa shape index (κ3) is 23.4. The maximum absolute atomic E-state index is 11.9. The number of halogens is 6. The third-order valence-corrected chi connectivity index (χ3v) is 19.6. The Kier molecular flexibility index (Phi) is 36.9. The molecule has 0 unspecified atom stereocenters. The van der Waals surface area contributed by atoms with Crippen LogP contribution in [-0.4, -0.2) is 149 Å². The van der Waals surface area contributed by atoms with Gasteiger partial charge in [-0.05, 0) is 152 Å². The molecule has 0 amide bonds. The number of fused-ring (bicyclic) bond motifs is 1. The van der Waals surface area contributed by atoms with Crippen molar-refractivity contribution in [1.29, 1.82) is 0 Å². The summed E-state index contributed by atoms with van der Waals surface area (Å²) < 4.78 is 73.0. The van der Waals surface area contributed by atoms with Gasteiger partial charge in [0.15, 0.2) is 12.6 Å². The lowest BCUT2D eigenvalue weighted by Crippen LogP contribution is -2.35. The van der Waals surface area contributed by atoms with E-state index >= 15 is 0 Å². The second kappa shape index (κ2) is 42.3. The minimum atomic E-state index is -1.52. The SMILES string of the molecule is COc1cc(Br)c(C)c(OC)c1.COc1cc(Br)c(C=O)c(OC)c1.COc1cc(Br)cc(OC)c1.COc1cc(OC)c(C)c(B(O)O)c1C.COc1cc(OC)c(C)c(Br)c1C.COc1cc(OC)c(C=O)c(Br)c1C.C[C@H]1COC[C@H]1Nc1ncc2cc(Br)c(=O)n(C)c2n1. The maximum Gasteiger partial charge on any atom is 0.489 e. The van der Waals surface area contributed by atoms with Crippen LogP contribution in [0, 0.1) is 47.5 Å². The van der Waals surface area contributed by atoms with E-state index in [-0.39, 0.29) is 11.6 Å².